The first-order valence-electron chi connectivity index (χ1n) is 12.6. The second-order valence-corrected chi connectivity index (χ2v) is 11.2. The quantitative estimate of drug-likeness (QED) is 0.423. The summed E-state index contributed by atoms with van der Waals surface area (Å²) in [6, 6.07) is 0. The SMILES string of the molecule is CCOC1=CC2=C(C=O)[C@@H](C(=O)OC)[C@@H]3[C@H](CC[C@@]4(C)[C@H]3CC[C@@]4(O)CCC(=O)O)[C@@]2(C)CC1. The van der Waals surface area contributed by atoms with Crippen molar-refractivity contribution in [2.24, 2.45) is 34.5 Å². The molecule has 7 nitrogen and oxygen atoms in total. The van der Waals surface area contributed by atoms with E-state index in [0.29, 0.717) is 25.0 Å². The molecule has 7 heteroatoms. The van der Waals surface area contributed by atoms with Crippen LogP contribution in [0.1, 0.15) is 72.1 Å². The summed E-state index contributed by atoms with van der Waals surface area (Å²) < 4.78 is 11.0. The average Bonchev–Trinajstić information content (AvgIpc) is 3.08. The van der Waals surface area contributed by atoms with Crippen LogP contribution >= 0.6 is 0 Å². The molecule has 4 aliphatic rings. The molecule has 4 aliphatic carbocycles. The van der Waals surface area contributed by atoms with E-state index in [2.05, 4.69) is 13.8 Å². The number of carbonyl (C=O) groups is 3. The fourth-order valence-corrected chi connectivity index (χ4v) is 8.17. The molecule has 0 spiro atoms. The highest BCUT2D eigenvalue weighted by Gasteiger charge is 2.66. The van der Waals surface area contributed by atoms with Gasteiger partial charge in [-0.15, -0.1) is 0 Å². The fraction of sp³-hybridized carbons (Fsp3) is 0.741. The third kappa shape index (κ3) is 3.53. The first-order valence-corrected chi connectivity index (χ1v) is 12.6. The molecule has 0 amide bonds. The molecule has 0 aliphatic heterocycles. The van der Waals surface area contributed by atoms with Crippen molar-refractivity contribution in [3.05, 3.63) is 23.0 Å². The summed E-state index contributed by atoms with van der Waals surface area (Å²) in [5.41, 5.74) is -0.495. The summed E-state index contributed by atoms with van der Waals surface area (Å²) in [5.74, 6) is -1.15. The number of carbonyl (C=O) groups excluding carboxylic acids is 2. The lowest BCUT2D eigenvalue weighted by Gasteiger charge is -2.60. The maximum absolute atomic E-state index is 13.2. The van der Waals surface area contributed by atoms with Crippen molar-refractivity contribution in [1.82, 2.24) is 0 Å². The molecule has 0 radical (unpaired) electrons. The van der Waals surface area contributed by atoms with E-state index in [0.717, 1.165) is 43.3 Å². The number of aldehydes is 1. The fourth-order valence-electron chi connectivity index (χ4n) is 8.17. The van der Waals surface area contributed by atoms with E-state index in [1.54, 1.807) is 0 Å². The van der Waals surface area contributed by atoms with Crippen LogP contribution in [0, 0.1) is 34.5 Å². The molecule has 188 valence electrons. The first kappa shape index (κ1) is 25.0. The van der Waals surface area contributed by atoms with E-state index < -0.39 is 28.9 Å². The minimum absolute atomic E-state index is 0.000242. The number of carboxylic acids is 1. The van der Waals surface area contributed by atoms with Crippen LogP contribution in [0.15, 0.2) is 23.0 Å². The van der Waals surface area contributed by atoms with Crippen LogP contribution in [0.2, 0.25) is 0 Å². The van der Waals surface area contributed by atoms with Gasteiger partial charge in [0.05, 0.1) is 31.0 Å². The van der Waals surface area contributed by atoms with E-state index in [9.17, 15) is 24.6 Å². The van der Waals surface area contributed by atoms with E-state index in [4.69, 9.17) is 9.47 Å². The Morgan fingerprint density at radius 1 is 1.18 bits per heavy atom. The second-order valence-electron chi connectivity index (χ2n) is 11.2. The van der Waals surface area contributed by atoms with Crippen LogP contribution in [0.3, 0.4) is 0 Å². The van der Waals surface area contributed by atoms with E-state index in [-0.39, 0.29) is 36.0 Å². The Bertz CT molecular complexity index is 935. The van der Waals surface area contributed by atoms with Crippen LogP contribution in [0.5, 0.6) is 0 Å². The normalized spacial score (nSPS) is 41.0. The van der Waals surface area contributed by atoms with Gasteiger partial charge in [0, 0.05) is 18.4 Å². The summed E-state index contributed by atoms with van der Waals surface area (Å²) >= 11 is 0. The van der Waals surface area contributed by atoms with Crippen molar-refractivity contribution < 1.29 is 34.1 Å². The van der Waals surface area contributed by atoms with E-state index in [1.807, 2.05) is 13.0 Å². The maximum atomic E-state index is 13.2. The van der Waals surface area contributed by atoms with Crippen LogP contribution in [-0.4, -0.2) is 47.8 Å². The third-order valence-electron chi connectivity index (χ3n) is 9.98. The van der Waals surface area contributed by atoms with Gasteiger partial charge in [-0.25, -0.2) is 0 Å². The minimum atomic E-state index is -1.09. The van der Waals surface area contributed by atoms with Crippen molar-refractivity contribution >= 4 is 18.2 Å². The van der Waals surface area contributed by atoms with Gasteiger partial charge in [-0.1, -0.05) is 13.8 Å². The van der Waals surface area contributed by atoms with Crippen molar-refractivity contribution in [1.29, 1.82) is 0 Å². The molecule has 0 aromatic rings. The van der Waals surface area contributed by atoms with Crippen molar-refractivity contribution in [2.75, 3.05) is 13.7 Å². The number of ether oxygens (including phenoxy) is 2. The standard InChI is InChI=1S/C27H38O7/c1-5-34-16-6-10-25(2)18-7-11-26(3)19(8-12-27(26,32)13-9-21(29)30)23(18)22(24(31)33-4)17(15-28)20(25)14-16/h14-15,18-19,22-23,32H,5-13H2,1-4H3,(H,29,30)/t18-,19-,22+,23+,25+,26-,27+/m0/s1. The molecule has 2 fully saturated rings. The zero-order chi connectivity index (χ0) is 24.9. The Kier molecular flexibility index (Phi) is 6.47. The number of fused-ring (bicyclic) bond motifs is 5. The lowest BCUT2D eigenvalue weighted by Crippen LogP contribution is -2.58. The molecule has 0 saturated heterocycles. The number of esters is 1. The average molecular weight is 475 g/mol. The Labute approximate surface area is 201 Å². The third-order valence-corrected chi connectivity index (χ3v) is 9.98. The van der Waals surface area contributed by atoms with Crippen LogP contribution in [0.25, 0.3) is 0 Å². The number of hydrogen-bond acceptors (Lipinski definition) is 6. The maximum Gasteiger partial charge on any atom is 0.313 e. The smallest absolute Gasteiger partial charge is 0.313 e. The predicted octanol–water partition coefficient (Wildman–Crippen LogP) is 4.04. The molecule has 0 aromatic heterocycles. The zero-order valence-electron chi connectivity index (χ0n) is 20.8. The highest BCUT2D eigenvalue weighted by molar-refractivity contribution is 5.90. The van der Waals surface area contributed by atoms with Gasteiger partial charge < -0.3 is 19.7 Å². The number of hydrogen-bond donors (Lipinski definition) is 2. The number of aliphatic carboxylic acids is 1. The van der Waals surface area contributed by atoms with E-state index >= 15 is 0 Å². The molecule has 0 bridgehead atoms. The number of rotatable bonds is 7. The molecule has 0 unspecified atom stereocenters. The topological polar surface area (TPSA) is 110 Å². The van der Waals surface area contributed by atoms with Crippen molar-refractivity contribution in [3.8, 4) is 0 Å². The molecule has 0 heterocycles. The van der Waals surface area contributed by atoms with Gasteiger partial charge in [0.15, 0.2) is 0 Å². The Morgan fingerprint density at radius 3 is 2.50 bits per heavy atom. The van der Waals surface area contributed by atoms with Gasteiger partial charge in [-0.3, -0.25) is 14.4 Å². The second kappa shape index (κ2) is 8.81. The zero-order valence-corrected chi connectivity index (χ0v) is 20.8. The summed E-state index contributed by atoms with van der Waals surface area (Å²) in [5, 5.41) is 21.0. The van der Waals surface area contributed by atoms with Gasteiger partial charge in [-0.05, 0) is 85.7 Å². The molecule has 2 saturated carbocycles. The molecule has 0 aromatic carbocycles. The van der Waals surface area contributed by atoms with E-state index in [1.165, 1.54) is 7.11 Å². The van der Waals surface area contributed by atoms with Crippen LogP contribution < -0.4 is 0 Å². The molecule has 34 heavy (non-hydrogen) atoms. The monoisotopic (exact) mass is 474 g/mol. The molecule has 7 atom stereocenters. The summed E-state index contributed by atoms with van der Waals surface area (Å²) in [7, 11) is 1.36. The predicted molar refractivity (Wildman–Crippen MR) is 125 cm³/mol. The van der Waals surface area contributed by atoms with Gasteiger partial charge in [0.2, 0.25) is 0 Å². The first-order chi connectivity index (χ1) is 16.1. The highest BCUT2D eigenvalue weighted by atomic mass is 16.5. The van der Waals surface area contributed by atoms with Gasteiger partial charge in [-0.2, -0.15) is 0 Å². The Hall–Kier alpha value is -2.15. The van der Waals surface area contributed by atoms with Crippen LogP contribution in [0.4, 0.5) is 0 Å². The molecular weight excluding hydrogens is 436 g/mol. The van der Waals surface area contributed by atoms with Crippen molar-refractivity contribution in [2.45, 2.75) is 77.7 Å². The molecule has 2 N–H and O–H groups in total. The molecular formula is C27H38O7. The van der Waals surface area contributed by atoms with Gasteiger partial charge in [0.25, 0.3) is 0 Å². The lowest BCUT2D eigenvalue weighted by molar-refractivity contribution is -0.163. The summed E-state index contributed by atoms with van der Waals surface area (Å²) in [6.45, 7) is 6.76. The minimum Gasteiger partial charge on any atom is -0.498 e. The Balaban J connectivity index is 1.83. The van der Waals surface area contributed by atoms with Gasteiger partial charge >= 0.3 is 11.9 Å². The van der Waals surface area contributed by atoms with Crippen LogP contribution in [-0.2, 0) is 23.9 Å². The van der Waals surface area contributed by atoms with Crippen molar-refractivity contribution in [3.63, 3.8) is 0 Å². The lowest BCUT2D eigenvalue weighted by atomic mass is 9.44. The highest BCUT2D eigenvalue weighted by Crippen LogP contribution is 2.69. The number of methoxy groups -OCH3 is 1. The Morgan fingerprint density at radius 2 is 1.88 bits per heavy atom. The summed E-state index contributed by atoms with van der Waals surface area (Å²) in [6.07, 6.45) is 7.35. The largest absolute Gasteiger partial charge is 0.498 e. The number of allylic oxidation sites excluding steroid dienone is 3. The van der Waals surface area contributed by atoms with Gasteiger partial charge in [0.1, 0.15) is 6.29 Å². The molecule has 4 rings (SSSR count). The number of carboxylic acid groups (broad SMARTS) is 1. The number of aliphatic hydroxyl groups is 1. The summed E-state index contributed by atoms with van der Waals surface area (Å²) in [4.78, 5) is 37.1.